The Morgan fingerprint density at radius 2 is 2.09 bits per heavy atom. The number of carbonyl (C=O) groups excluding carboxylic acids is 1. The summed E-state index contributed by atoms with van der Waals surface area (Å²) in [6.45, 7) is 8.35. The highest BCUT2D eigenvalue weighted by atomic mass is 35.5. The monoisotopic (exact) mass is 340 g/mol. The summed E-state index contributed by atoms with van der Waals surface area (Å²) in [6.07, 6.45) is 4.27. The van der Waals surface area contributed by atoms with Crippen LogP contribution in [0.5, 0.6) is 0 Å². The second kappa shape index (κ2) is 6.81. The number of carbonyl (C=O) groups is 1. The smallest absolute Gasteiger partial charge is 0.224 e. The van der Waals surface area contributed by atoms with Crippen LogP contribution in [0.25, 0.3) is 0 Å². The molecule has 0 bridgehead atoms. The summed E-state index contributed by atoms with van der Waals surface area (Å²) in [6, 6.07) is 0.0839. The quantitative estimate of drug-likeness (QED) is 0.885. The maximum Gasteiger partial charge on any atom is 0.224 e. The maximum absolute atomic E-state index is 12.7. The molecule has 1 aromatic heterocycles. The van der Waals surface area contributed by atoms with E-state index in [9.17, 15) is 4.79 Å². The van der Waals surface area contributed by atoms with E-state index < -0.39 is 0 Å². The second-order valence-electron chi connectivity index (χ2n) is 7.05. The van der Waals surface area contributed by atoms with Gasteiger partial charge in [-0.1, -0.05) is 6.92 Å². The van der Waals surface area contributed by atoms with Crippen molar-refractivity contribution in [3.63, 3.8) is 0 Å². The third kappa shape index (κ3) is 3.26. The lowest BCUT2D eigenvalue weighted by molar-refractivity contribution is -0.124. The zero-order valence-corrected chi connectivity index (χ0v) is 15.4. The average molecular weight is 341 g/mol. The van der Waals surface area contributed by atoms with Gasteiger partial charge in [-0.25, -0.2) is 0 Å². The number of nitrogens with zero attached hydrogens (tertiary/aromatic N) is 2. The summed E-state index contributed by atoms with van der Waals surface area (Å²) >= 11 is 0. The van der Waals surface area contributed by atoms with E-state index in [1.54, 1.807) is 0 Å². The minimum atomic E-state index is 0. The number of aromatic nitrogens is 2. The van der Waals surface area contributed by atoms with Gasteiger partial charge in [0.25, 0.3) is 0 Å². The molecule has 1 aliphatic carbocycles. The molecule has 2 unspecified atom stereocenters. The molecule has 6 heteroatoms. The maximum atomic E-state index is 12.7. The molecule has 2 fully saturated rings. The van der Waals surface area contributed by atoms with Gasteiger partial charge in [0.1, 0.15) is 0 Å². The number of nitrogens with one attached hydrogen (secondary N) is 2. The van der Waals surface area contributed by atoms with Gasteiger partial charge >= 0.3 is 0 Å². The van der Waals surface area contributed by atoms with Gasteiger partial charge in [-0.3, -0.25) is 9.48 Å². The molecule has 1 saturated heterocycles. The number of aryl methyl sites for hydroxylation is 2. The first kappa shape index (κ1) is 18.3. The van der Waals surface area contributed by atoms with Gasteiger partial charge in [0.05, 0.1) is 11.7 Å². The molecule has 1 amide bonds. The van der Waals surface area contributed by atoms with Crippen LogP contribution in [0.3, 0.4) is 0 Å². The fraction of sp³-hybridized carbons (Fsp3) is 0.765. The van der Waals surface area contributed by atoms with Gasteiger partial charge in [-0.05, 0) is 58.0 Å². The minimum absolute atomic E-state index is 0. The Morgan fingerprint density at radius 3 is 2.61 bits per heavy atom. The van der Waals surface area contributed by atoms with Crippen LogP contribution < -0.4 is 10.6 Å². The lowest BCUT2D eigenvalue weighted by atomic mass is 9.91. The van der Waals surface area contributed by atoms with E-state index in [2.05, 4.69) is 29.6 Å². The van der Waals surface area contributed by atoms with Crippen LogP contribution in [0.4, 0.5) is 0 Å². The first-order chi connectivity index (χ1) is 10.5. The number of amides is 1. The fourth-order valence-corrected chi connectivity index (χ4v) is 4.14. The van der Waals surface area contributed by atoms with E-state index in [1.807, 2.05) is 18.7 Å². The van der Waals surface area contributed by atoms with Gasteiger partial charge in [0, 0.05) is 24.2 Å². The molecule has 5 nitrogen and oxygen atoms in total. The number of rotatable bonds is 4. The highest BCUT2D eigenvalue weighted by molar-refractivity contribution is 5.85. The molecule has 1 aromatic rings. The lowest BCUT2D eigenvalue weighted by Gasteiger charge is -2.24. The third-order valence-corrected chi connectivity index (χ3v) is 5.74. The Bertz CT molecular complexity index is 577. The van der Waals surface area contributed by atoms with Crippen molar-refractivity contribution >= 4 is 18.3 Å². The second-order valence-corrected chi connectivity index (χ2v) is 7.05. The Hall–Kier alpha value is -1.07. The molecule has 2 aliphatic rings. The van der Waals surface area contributed by atoms with Crippen LogP contribution in [0.1, 0.15) is 55.6 Å². The molecule has 2 atom stereocenters. The molecule has 130 valence electrons. The molecule has 3 rings (SSSR count). The van der Waals surface area contributed by atoms with Crippen molar-refractivity contribution in [3.8, 4) is 0 Å². The fourth-order valence-electron chi connectivity index (χ4n) is 4.14. The molecule has 0 radical (unpaired) electrons. The first-order valence-corrected chi connectivity index (χ1v) is 8.49. The van der Waals surface area contributed by atoms with Gasteiger partial charge in [0.2, 0.25) is 5.91 Å². The Labute approximate surface area is 145 Å². The largest absolute Gasteiger partial charge is 0.349 e. The van der Waals surface area contributed by atoms with E-state index in [4.69, 9.17) is 0 Å². The predicted molar refractivity (Wildman–Crippen MR) is 93.7 cm³/mol. The SMILES string of the molecule is CCC(NC(=O)C1CC12CCNCC2)c1c(C)nn(C)c1C.Cl. The topological polar surface area (TPSA) is 59.0 Å². The predicted octanol–water partition coefficient (Wildman–Crippen LogP) is 2.42. The molecule has 1 spiro atoms. The number of hydrogen-bond donors (Lipinski definition) is 2. The molecule has 2 N–H and O–H groups in total. The standard InChI is InChI=1S/C17H28N4O.ClH/c1-5-14(15-11(2)20-21(4)12(15)3)19-16(22)13-10-17(13)6-8-18-9-7-17;/h13-14,18H,5-10H2,1-4H3,(H,19,22);1H. The summed E-state index contributed by atoms with van der Waals surface area (Å²) in [5, 5.41) is 11.2. The van der Waals surface area contributed by atoms with Crippen LogP contribution in [0, 0.1) is 25.2 Å². The number of hydrogen-bond acceptors (Lipinski definition) is 3. The molecule has 1 saturated carbocycles. The summed E-state index contributed by atoms with van der Waals surface area (Å²) in [5.41, 5.74) is 3.67. The molecule has 23 heavy (non-hydrogen) atoms. The van der Waals surface area contributed by atoms with Crippen molar-refractivity contribution in [2.45, 2.75) is 52.5 Å². The molecule has 2 heterocycles. The van der Waals surface area contributed by atoms with Crippen molar-refractivity contribution in [1.29, 1.82) is 0 Å². The molecular weight excluding hydrogens is 312 g/mol. The lowest BCUT2D eigenvalue weighted by Crippen LogP contribution is -2.35. The Morgan fingerprint density at radius 1 is 1.43 bits per heavy atom. The van der Waals surface area contributed by atoms with Crippen LogP contribution in [0.2, 0.25) is 0 Å². The van der Waals surface area contributed by atoms with E-state index in [0.717, 1.165) is 50.2 Å². The van der Waals surface area contributed by atoms with Crippen LogP contribution in [-0.4, -0.2) is 28.8 Å². The zero-order chi connectivity index (χ0) is 15.9. The number of piperidine rings is 1. The Kier molecular flexibility index (Phi) is 5.41. The molecule has 1 aliphatic heterocycles. The van der Waals surface area contributed by atoms with Gasteiger partial charge in [-0.2, -0.15) is 5.10 Å². The van der Waals surface area contributed by atoms with Gasteiger partial charge < -0.3 is 10.6 Å². The van der Waals surface area contributed by atoms with Crippen molar-refractivity contribution in [3.05, 3.63) is 17.0 Å². The van der Waals surface area contributed by atoms with E-state index >= 15 is 0 Å². The summed E-state index contributed by atoms with van der Waals surface area (Å²) in [5.74, 6) is 0.470. The molecule has 0 aromatic carbocycles. The van der Waals surface area contributed by atoms with Crippen molar-refractivity contribution in [2.24, 2.45) is 18.4 Å². The highest BCUT2D eigenvalue weighted by Gasteiger charge is 2.57. The van der Waals surface area contributed by atoms with Crippen LogP contribution >= 0.6 is 12.4 Å². The van der Waals surface area contributed by atoms with Crippen LogP contribution in [-0.2, 0) is 11.8 Å². The third-order valence-electron chi connectivity index (χ3n) is 5.74. The van der Waals surface area contributed by atoms with E-state index in [0.29, 0.717) is 5.41 Å². The van der Waals surface area contributed by atoms with Crippen molar-refractivity contribution in [1.82, 2.24) is 20.4 Å². The van der Waals surface area contributed by atoms with Crippen molar-refractivity contribution in [2.75, 3.05) is 13.1 Å². The number of halogens is 1. The van der Waals surface area contributed by atoms with Crippen molar-refractivity contribution < 1.29 is 4.79 Å². The average Bonchev–Trinajstić information content (AvgIpc) is 3.12. The summed E-state index contributed by atoms with van der Waals surface area (Å²) < 4.78 is 1.91. The first-order valence-electron chi connectivity index (χ1n) is 8.49. The van der Waals surface area contributed by atoms with Gasteiger partial charge in [-0.15, -0.1) is 12.4 Å². The Balaban J connectivity index is 0.00000192. The van der Waals surface area contributed by atoms with Crippen LogP contribution in [0.15, 0.2) is 0 Å². The van der Waals surface area contributed by atoms with E-state index in [1.165, 1.54) is 5.56 Å². The molecular formula is C17H29ClN4O. The van der Waals surface area contributed by atoms with Gasteiger partial charge in [0.15, 0.2) is 0 Å². The summed E-state index contributed by atoms with van der Waals surface area (Å²) in [4.78, 5) is 12.7. The minimum Gasteiger partial charge on any atom is -0.349 e. The highest BCUT2D eigenvalue weighted by Crippen LogP contribution is 2.58. The zero-order valence-electron chi connectivity index (χ0n) is 14.6. The van der Waals surface area contributed by atoms with E-state index in [-0.39, 0.29) is 30.3 Å². The normalized spacial score (nSPS) is 23.2. The summed E-state index contributed by atoms with van der Waals surface area (Å²) in [7, 11) is 1.96.